The summed E-state index contributed by atoms with van der Waals surface area (Å²) in [6, 6.07) is 8.11. The van der Waals surface area contributed by atoms with Gasteiger partial charge in [-0.25, -0.2) is 0 Å². The molecule has 0 N–H and O–H groups in total. The molecule has 0 radical (unpaired) electrons. The predicted molar refractivity (Wildman–Crippen MR) is 101 cm³/mol. The van der Waals surface area contributed by atoms with Gasteiger partial charge in [0.2, 0.25) is 0 Å². The average molecular weight is 370 g/mol. The minimum atomic E-state index is -0.0442. The second kappa shape index (κ2) is 8.10. The second-order valence-electron chi connectivity index (χ2n) is 6.96. The van der Waals surface area contributed by atoms with Crippen molar-refractivity contribution in [2.75, 3.05) is 39.5 Å². The molecule has 3 heterocycles. The normalized spacial score (nSPS) is 17.9. The highest BCUT2D eigenvalue weighted by Crippen LogP contribution is 2.26. The minimum absolute atomic E-state index is 0.0442. The fourth-order valence-electron chi connectivity index (χ4n) is 3.55. The maximum Gasteiger partial charge on any atom is 0.274 e. The zero-order valence-corrected chi connectivity index (χ0v) is 15.8. The summed E-state index contributed by atoms with van der Waals surface area (Å²) in [6.45, 7) is 8.76. The highest BCUT2D eigenvalue weighted by Gasteiger charge is 2.23. The summed E-state index contributed by atoms with van der Waals surface area (Å²) < 4.78 is 13.1. The van der Waals surface area contributed by atoms with Crippen LogP contribution in [0.2, 0.25) is 0 Å². The van der Waals surface area contributed by atoms with Crippen molar-refractivity contribution in [2.45, 2.75) is 26.6 Å². The van der Waals surface area contributed by atoms with Crippen molar-refractivity contribution < 1.29 is 14.3 Å². The van der Waals surface area contributed by atoms with E-state index >= 15 is 0 Å². The topological polar surface area (TPSA) is 59.8 Å². The molecule has 2 aliphatic rings. The molecule has 27 heavy (non-hydrogen) atoms. The summed E-state index contributed by atoms with van der Waals surface area (Å²) in [4.78, 5) is 17.1. The molecule has 0 bridgehead atoms. The number of benzene rings is 1. The van der Waals surface area contributed by atoms with E-state index in [-0.39, 0.29) is 5.91 Å². The Balaban J connectivity index is 1.49. The lowest BCUT2D eigenvalue weighted by Crippen LogP contribution is -2.35. The van der Waals surface area contributed by atoms with Crippen LogP contribution >= 0.6 is 0 Å². The minimum Gasteiger partial charge on any atom is -0.491 e. The monoisotopic (exact) mass is 370 g/mol. The molecular weight excluding hydrogens is 344 g/mol. The van der Waals surface area contributed by atoms with Crippen molar-refractivity contribution in [3.8, 4) is 5.75 Å². The first-order valence-corrected chi connectivity index (χ1v) is 9.60. The maximum absolute atomic E-state index is 12.9. The van der Waals surface area contributed by atoms with Gasteiger partial charge in [0, 0.05) is 44.5 Å². The molecule has 4 rings (SSSR count). The highest BCUT2D eigenvalue weighted by molar-refractivity contribution is 5.92. The first-order chi connectivity index (χ1) is 13.2. The van der Waals surface area contributed by atoms with E-state index in [1.54, 1.807) is 10.7 Å². The van der Waals surface area contributed by atoms with Crippen LogP contribution in [0, 0.1) is 0 Å². The van der Waals surface area contributed by atoms with E-state index in [0.717, 1.165) is 50.7 Å². The number of aryl methyl sites for hydroxylation is 1. The summed E-state index contributed by atoms with van der Waals surface area (Å²) in [6.07, 6.45) is 1.84. The van der Waals surface area contributed by atoms with Crippen LogP contribution in [0.3, 0.4) is 0 Å². The quantitative estimate of drug-likeness (QED) is 0.821. The van der Waals surface area contributed by atoms with E-state index in [2.05, 4.69) is 22.1 Å². The Morgan fingerprint density at radius 2 is 2.00 bits per heavy atom. The molecule has 0 aliphatic carbocycles. The molecule has 1 aromatic carbocycles. The smallest absolute Gasteiger partial charge is 0.274 e. The number of hydrogen-bond acceptors (Lipinski definition) is 5. The molecule has 7 nitrogen and oxygen atoms in total. The summed E-state index contributed by atoms with van der Waals surface area (Å²) in [5.41, 5.74) is 2.79. The largest absolute Gasteiger partial charge is 0.491 e. The van der Waals surface area contributed by atoms with Gasteiger partial charge in [-0.1, -0.05) is 6.07 Å². The zero-order valence-electron chi connectivity index (χ0n) is 15.8. The standard InChI is InChI=1S/C20H26N4O3/c1-2-24-6-5-18(21-24)20(25)23-9-12-27-19-4-3-16(13-17(19)15-23)14-22-7-10-26-11-8-22/h3-6,13H,2,7-12,14-15H2,1H3. The number of ether oxygens (including phenoxy) is 2. The second-order valence-corrected chi connectivity index (χ2v) is 6.96. The number of morpholine rings is 1. The molecule has 7 heteroatoms. The van der Waals surface area contributed by atoms with E-state index in [0.29, 0.717) is 25.4 Å². The molecule has 144 valence electrons. The van der Waals surface area contributed by atoms with Crippen LogP contribution in [0.1, 0.15) is 28.5 Å². The van der Waals surface area contributed by atoms with Crippen molar-refractivity contribution in [1.29, 1.82) is 0 Å². The van der Waals surface area contributed by atoms with E-state index in [1.807, 2.05) is 24.1 Å². The van der Waals surface area contributed by atoms with Crippen molar-refractivity contribution in [3.63, 3.8) is 0 Å². The van der Waals surface area contributed by atoms with Gasteiger partial charge in [-0.05, 0) is 30.7 Å². The lowest BCUT2D eigenvalue weighted by Gasteiger charge is -2.27. The number of aromatic nitrogens is 2. The van der Waals surface area contributed by atoms with Gasteiger partial charge in [-0.3, -0.25) is 14.4 Å². The van der Waals surface area contributed by atoms with Gasteiger partial charge >= 0.3 is 0 Å². The lowest BCUT2D eigenvalue weighted by molar-refractivity contribution is 0.0341. The van der Waals surface area contributed by atoms with Crippen molar-refractivity contribution in [2.24, 2.45) is 0 Å². The molecule has 2 aliphatic heterocycles. The van der Waals surface area contributed by atoms with Gasteiger partial charge in [0.1, 0.15) is 18.1 Å². The van der Waals surface area contributed by atoms with Crippen LogP contribution in [-0.2, 0) is 24.4 Å². The Morgan fingerprint density at radius 1 is 1.15 bits per heavy atom. The first-order valence-electron chi connectivity index (χ1n) is 9.60. The maximum atomic E-state index is 12.9. The Hall–Kier alpha value is -2.38. The Morgan fingerprint density at radius 3 is 2.78 bits per heavy atom. The molecular formula is C20H26N4O3. The van der Waals surface area contributed by atoms with Gasteiger partial charge in [-0.2, -0.15) is 5.10 Å². The van der Waals surface area contributed by atoms with Crippen molar-refractivity contribution in [1.82, 2.24) is 19.6 Å². The van der Waals surface area contributed by atoms with Crippen LogP contribution in [0.5, 0.6) is 5.75 Å². The zero-order chi connectivity index (χ0) is 18.6. The van der Waals surface area contributed by atoms with Crippen molar-refractivity contribution >= 4 is 5.91 Å². The molecule has 2 aromatic rings. The summed E-state index contributed by atoms with van der Waals surface area (Å²) in [7, 11) is 0. The number of nitrogens with zero attached hydrogens (tertiary/aromatic N) is 4. The third-order valence-corrected chi connectivity index (χ3v) is 5.09. The average Bonchev–Trinajstić information content (AvgIpc) is 3.08. The van der Waals surface area contributed by atoms with E-state index in [4.69, 9.17) is 9.47 Å². The fourth-order valence-corrected chi connectivity index (χ4v) is 3.55. The van der Waals surface area contributed by atoms with Gasteiger partial charge in [-0.15, -0.1) is 0 Å². The third-order valence-electron chi connectivity index (χ3n) is 5.09. The van der Waals surface area contributed by atoms with Crippen molar-refractivity contribution in [3.05, 3.63) is 47.3 Å². The molecule has 1 aromatic heterocycles. The summed E-state index contributed by atoms with van der Waals surface area (Å²) in [5.74, 6) is 0.826. The molecule has 1 saturated heterocycles. The molecule has 0 unspecified atom stereocenters. The highest BCUT2D eigenvalue weighted by atomic mass is 16.5. The van der Waals surface area contributed by atoms with Crippen LogP contribution in [0.15, 0.2) is 30.5 Å². The van der Waals surface area contributed by atoms with E-state index in [1.165, 1.54) is 5.56 Å². The molecule has 0 saturated carbocycles. The van der Waals surface area contributed by atoms with E-state index < -0.39 is 0 Å². The lowest BCUT2D eigenvalue weighted by atomic mass is 10.1. The number of carbonyl (C=O) groups excluding carboxylic acids is 1. The Kier molecular flexibility index (Phi) is 5.40. The number of amides is 1. The molecule has 1 fully saturated rings. The molecule has 1 amide bonds. The van der Waals surface area contributed by atoms with Gasteiger partial charge in [0.25, 0.3) is 5.91 Å². The van der Waals surface area contributed by atoms with Gasteiger partial charge in [0.05, 0.1) is 19.8 Å². The van der Waals surface area contributed by atoms with E-state index in [9.17, 15) is 4.79 Å². The number of carbonyl (C=O) groups is 1. The predicted octanol–water partition coefficient (Wildman–Crippen LogP) is 1.77. The number of hydrogen-bond donors (Lipinski definition) is 0. The first kappa shape index (κ1) is 18.0. The number of fused-ring (bicyclic) bond motifs is 1. The summed E-state index contributed by atoms with van der Waals surface area (Å²) in [5, 5.41) is 4.35. The molecule has 0 atom stereocenters. The third kappa shape index (κ3) is 4.14. The van der Waals surface area contributed by atoms with Gasteiger partial charge < -0.3 is 14.4 Å². The molecule has 0 spiro atoms. The fraction of sp³-hybridized carbons (Fsp3) is 0.500. The Bertz CT molecular complexity index is 798. The number of rotatable bonds is 4. The van der Waals surface area contributed by atoms with Crippen LogP contribution < -0.4 is 4.74 Å². The van der Waals surface area contributed by atoms with Crippen LogP contribution in [0.25, 0.3) is 0 Å². The van der Waals surface area contributed by atoms with Gasteiger partial charge in [0.15, 0.2) is 0 Å². The van der Waals surface area contributed by atoms with Crippen LogP contribution in [-0.4, -0.2) is 64.9 Å². The van der Waals surface area contributed by atoms with Crippen LogP contribution in [0.4, 0.5) is 0 Å². The Labute approximate surface area is 159 Å². The summed E-state index contributed by atoms with van der Waals surface area (Å²) >= 11 is 0. The SMILES string of the molecule is CCn1ccc(C(=O)N2CCOc3ccc(CN4CCOCC4)cc3C2)n1.